The van der Waals surface area contributed by atoms with E-state index in [2.05, 4.69) is 11.8 Å². The topological polar surface area (TPSA) is 64.5 Å². The van der Waals surface area contributed by atoms with Gasteiger partial charge in [0.1, 0.15) is 11.6 Å². The highest BCUT2D eigenvalue weighted by atomic mass is 16.5. The molecule has 1 aliphatic heterocycles. The number of para-hydroxylation sites is 1. The second-order valence-electron chi connectivity index (χ2n) is 7.33. The maximum Gasteiger partial charge on any atom is 0.308 e. The van der Waals surface area contributed by atoms with Crippen LogP contribution in [0.5, 0.6) is 5.75 Å². The number of anilines is 1. The summed E-state index contributed by atoms with van der Waals surface area (Å²) in [4.78, 5) is 23.6. The number of hydrogen-bond donors (Lipinski definition) is 0. The van der Waals surface area contributed by atoms with Crippen LogP contribution in [0.1, 0.15) is 31.5 Å². The molecule has 0 N–H and O–H groups in total. The molecule has 2 aliphatic rings. The van der Waals surface area contributed by atoms with Crippen LogP contribution in [0, 0.1) is 5.92 Å². The fourth-order valence-corrected chi connectivity index (χ4v) is 3.82. The Kier molecular flexibility index (Phi) is 5.07. The molecule has 1 aromatic heterocycles. The van der Waals surface area contributed by atoms with Crippen LogP contribution in [0.4, 0.5) is 5.82 Å². The van der Waals surface area contributed by atoms with Crippen molar-refractivity contribution in [2.75, 3.05) is 31.2 Å². The summed E-state index contributed by atoms with van der Waals surface area (Å²) in [6.45, 7) is 6.79. The van der Waals surface area contributed by atoms with Gasteiger partial charge in [-0.15, -0.1) is 0 Å². The van der Waals surface area contributed by atoms with E-state index < -0.39 is 0 Å². The molecule has 0 bridgehead atoms. The Morgan fingerprint density at radius 1 is 1.22 bits per heavy atom. The fraction of sp³-hybridized carbons (Fsp3) is 0.476. The lowest BCUT2D eigenvalue weighted by molar-refractivity contribution is -0.131. The zero-order chi connectivity index (χ0) is 18.8. The van der Waals surface area contributed by atoms with E-state index in [0.717, 1.165) is 49.4 Å². The molecule has 6 heteroatoms. The maximum absolute atomic E-state index is 11.5. The summed E-state index contributed by atoms with van der Waals surface area (Å²) in [6.07, 6.45) is 3.13. The predicted molar refractivity (Wildman–Crippen MR) is 103 cm³/mol. The standard InChI is InChI=1S/C21H25N3O3/c1-14-7-8-16-18(13-14)22-20(23-21(16)24-9-11-26-12-10-24)17-5-3-4-6-19(17)27-15(2)25/h3-6,14H,7-13H2,1-2H3. The fourth-order valence-electron chi connectivity index (χ4n) is 3.82. The molecular formula is C21H25N3O3. The summed E-state index contributed by atoms with van der Waals surface area (Å²) in [7, 11) is 0. The van der Waals surface area contributed by atoms with E-state index in [1.807, 2.05) is 18.2 Å². The summed E-state index contributed by atoms with van der Waals surface area (Å²) >= 11 is 0. The van der Waals surface area contributed by atoms with Crippen molar-refractivity contribution in [3.8, 4) is 17.1 Å². The molecule has 0 radical (unpaired) electrons. The molecule has 0 spiro atoms. The first kappa shape index (κ1) is 17.9. The van der Waals surface area contributed by atoms with Gasteiger partial charge in [-0.05, 0) is 37.3 Å². The first-order chi connectivity index (χ1) is 13.1. The van der Waals surface area contributed by atoms with E-state index in [-0.39, 0.29) is 5.97 Å². The van der Waals surface area contributed by atoms with Crippen LogP contribution < -0.4 is 9.64 Å². The molecule has 1 atom stereocenters. The van der Waals surface area contributed by atoms with Crippen molar-refractivity contribution in [1.82, 2.24) is 9.97 Å². The van der Waals surface area contributed by atoms with Gasteiger partial charge < -0.3 is 14.4 Å². The van der Waals surface area contributed by atoms with Gasteiger partial charge in [0.2, 0.25) is 0 Å². The van der Waals surface area contributed by atoms with Gasteiger partial charge in [-0.1, -0.05) is 19.1 Å². The summed E-state index contributed by atoms with van der Waals surface area (Å²) in [5.74, 6) is 2.41. The zero-order valence-electron chi connectivity index (χ0n) is 15.9. The monoisotopic (exact) mass is 367 g/mol. The van der Waals surface area contributed by atoms with Crippen LogP contribution in [-0.4, -0.2) is 42.2 Å². The number of fused-ring (bicyclic) bond motifs is 1. The molecular weight excluding hydrogens is 342 g/mol. The predicted octanol–water partition coefficient (Wildman–Crippen LogP) is 3.03. The Morgan fingerprint density at radius 3 is 2.78 bits per heavy atom. The molecule has 0 amide bonds. The first-order valence-corrected chi connectivity index (χ1v) is 9.62. The number of benzene rings is 1. The van der Waals surface area contributed by atoms with Crippen LogP contribution in [0.3, 0.4) is 0 Å². The summed E-state index contributed by atoms with van der Waals surface area (Å²) < 4.78 is 10.9. The van der Waals surface area contributed by atoms with E-state index in [0.29, 0.717) is 30.7 Å². The van der Waals surface area contributed by atoms with Gasteiger partial charge in [0.25, 0.3) is 0 Å². The third kappa shape index (κ3) is 3.81. The largest absolute Gasteiger partial charge is 0.426 e. The normalized spacial score (nSPS) is 19.5. The van der Waals surface area contributed by atoms with Crippen LogP contribution >= 0.6 is 0 Å². The number of ether oxygens (including phenoxy) is 2. The average Bonchev–Trinajstić information content (AvgIpc) is 2.67. The molecule has 4 rings (SSSR count). The average molecular weight is 367 g/mol. The number of nitrogens with zero attached hydrogens (tertiary/aromatic N) is 3. The molecule has 2 aromatic rings. The van der Waals surface area contributed by atoms with E-state index >= 15 is 0 Å². The molecule has 1 aliphatic carbocycles. The number of hydrogen-bond acceptors (Lipinski definition) is 6. The lowest BCUT2D eigenvalue weighted by Gasteiger charge is -2.32. The Bertz CT molecular complexity index is 847. The van der Waals surface area contributed by atoms with E-state index in [9.17, 15) is 4.79 Å². The highest BCUT2D eigenvalue weighted by Gasteiger charge is 2.26. The van der Waals surface area contributed by atoms with Crippen molar-refractivity contribution in [3.63, 3.8) is 0 Å². The summed E-state index contributed by atoms with van der Waals surface area (Å²) in [5.41, 5.74) is 3.14. The quantitative estimate of drug-likeness (QED) is 0.614. The molecule has 1 aromatic carbocycles. The van der Waals surface area contributed by atoms with Crippen LogP contribution in [0.25, 0.3) is 11.4 Å². The molecule has 2 heterocycles. The lowest BCUT2D eigenvalue weighted by atomic mass is 9.88. The van der Waals surface area contributed by atoms with Crippen LogP contribution in [-0.2, 0) is 22.4 Å². The Hall–Kier alpha value is -2.47. The first-order valence-electron chi connectivity index (χ1n) is 9.62. The number of esters is 1. The third-order valence-corrected chi connectivity index (χ3v) is 5.19. The van der Waals surface area contributed by atoms with Crippen LogP contribution in [0.15, 0.2) is 24.3 Å². The van der Waals surface area contributed by atoms with Gasteiger partial charge in [-0.25, -0.2) is 9.97 Å². The SMILES string of the molecule is CC(=O)Oc1ccccc1-c1nc2c(c(N3CCOCC3)n1)CCC(C)C2. The summed E-state index contributed by atoms with van der Waals surface area (Å²) in [6, 6.07) is 7.47. The zero-order valence-corrected chi connectivity index (χ0v) is 15.9. The minimum absolute atomic E-state index is 0.345. The number of aromatic nitrogens is 2. The van der Waals surface area contributed by atoms with Gasteiger partial charge in [0.15, 0.2) is 5.82 Å². The smallest absolute Gasteiger partial charge is 0.308 e. The van der Waals surface area contributed by atoms with E-state index in [4.69, 9.17) is 19.4 Å². The third-order valence-electron chi connectivity index (χ3n) is 5.19. The van der Waals surface area contributed by atoms with Gasteiger partial charge >= 0.3 is 5.97 Å². The number of carbonyl (C=O) groups is 1. The van der Waals surface area contributed by atoms with E-state index in [1.54, 1.807) is 6.07 Å². The number of morpholine rings is 1. The van der Waals surface area contributed by atoms with Crippen molar-refractivity contribution in [3.05, 3.63) is 35.5 Å². The van der Waals surface area contributed by atoms with Crippen molar-refractivity contribution in [2.45, 2.75) is 33.1 Å². The van der Waals surface area contributed by atoms with Gasteiger partial charge in [-0.2, -0.15) is 0 Å². The number of rotatable bonds is 3. The highest BCUT2D eigenvalue weighted by molar-refractivity contribution is 5.75. The minimum Gasteiger partial charge on any atom is -0.426 e. The van der Waals surface area contributed by atoms with Crippen molar-refractivity contribution in [2.24, 2.45) is 5.92 Å². The van der Waals surface area contributed by atoms with Crippen LogP contribution in [0.2, 0.25) is 0 Å². The molecule has 27 heavy (non-hydrogen) atoms. The molecule has 0 saturated carbocycles. The van der Waals surface area contributed by atoms with Crippen molar-refractivity contribution >= 4 is 11.8 Å². The Labute approximate surface area is 159 Å². The molecule has 6 nitrogen and oxygen atoms in total. The molecule has 1 unspecified atom stereocenters. The minimum atomic E-state index is -0.345. The summed E-state index contributed by atoms with van der Waals surface area (Å²) in [5, 5.41) is 0. The maximum atomic E-state index is 11.5. The molecule has 1 fully saturated rings. The second kappa shape index (κ2) is 7.64. The number of carbonyl (C=O) groups excluding carboxylic acids is 1. The van der Waals surface area contributed by atoms with Gasteiger partial charge in [-0.3, -0.25) is 4.79 Å². The Morgan fingerprint density at radius 2 is 2.00 bits per heavy atom. The lowest BCUT2D eigenvalue weighted by Crippen LogP contribution is -2.38. The second-order valence-corrected chi connectivity index (χ2v) is 7.33. The van der Waals surface area contributed by atoms with Gasteiger partial charge in [0.05, 0.1) is 24.5 Å². The molecule has 142 valence electrons. The molecule has 1 saturated heterocycles. The van der Waals surface area contributed by atoms with E-state index in [1.165, 1.54) is 12.5 Å². The Balaban J connectivity index is 1.82. The van der Waals surface area contributed by atoms with Crippen molar-refractivity contribution < 1.29 is 14.3 Å². The highest BCUT2D eigenvalue weighted by Crippen LogP contribution is 2.35. The van der Waals surface area contributed by atoms with Crippen molar-refractivity contribution in [1.29, 1.82) is 0 Å². The van der Waals surface area contributed by atoms with Gasteiger partial charge in [0, 0.05) is 25.6 Å².